The quantitative estimate of drug-likeness (QED) is 0.334. The number of halogens is 1. The molecule has 4 rings (SSSR count). The standard InChI is InChI=1S/C31H38ClN3O3/c1-4-25-21-34(31(37)27-12-10-22(3)18-28(27)32)15-16-35(25)29-13-11-23(19-24(29)20-33-14-17-36)26-8-6-7-9-30(26)38-5-2/h6-13,18-19,25,33,36H,4-5,14-17,20-21H2,1-3H3/t25-/m1/s1. The van der Waals surface area contributed by atoms with Crippen molar-refractivity contribution in [1.29, 1.82) is 0 Å². The van der Waals surface area contributed by atoms with Gasteiger partial charge in [-0.05, 0) is 67.3 Å². The molecule has 3 aromatic rings. The summed E-state index contributed by atoms with van der Waals surface area (Å²) in [7, 11) is 0. The van der Waals surface area contributed by atoms with Crippen LogP contribution < -0.4 is 15.0 Å². The lowest BCUT2D eigenvalue weighted by atomic mass is 9.98. The van der Waals surface area contributed by atoms with Crippen molar-refractivity contribution in [1.82, 2.24) is 10.2 Å². The van der Waals surface area contributed by atoms with E-state index in [1.165, 1.54) is 0 Å². The molecule has 0 radical (unpaired) electrons. The zero-order chi connectivity index (χ0) is 27.1. The van der Waals surface area contributed by atoms with E-state index >= 15 is 0 Å². The number of para-hydroxylation sites is 1. The Morgan fingerprint density at radius 2 is 1.92 bits per heavy atom. The van der Waals surface area contributed by atoms with Gasteiger partial charge in [0.05, 0.1) is 23.8 Å². The molecule has 1 amide bonds. The first-order chi connectivity index (χ1) is 18.5. The first-order valence-corrected chi connectivity index (χ1v) is 13.8. The molecule has 202 valence electrons. The number of ether oxygens (including phenoxy) is 1. The van der Waals surface area contributed by atoms with Crippen molar-refractivity contribution in [3.8, 4) is 16.9 Å². The van der Waals surface area contributed by atoms with E-state index in [9.17, 15) is 9.90 Å². The molecule has 1 aliphatic heterocycles. The van der Waals surface area contributed by atoms with E-state index in [0.29, 0.717) is 43.4 Å². The fourth-order valence-electron chi connectivity index (χ4n) is 5.13. The molecule has 0 saturated carbocycles. The number of aryl methyl sites for hydroxylation is 1. The summed E-state index contributed by atoms with van der Waals surface area (Å²) in [5.74, 6) is 0.853. The Balaban J connectivity index is 1.61. The summed E-state index contributed by atoms with van der Waals surface area (Å²) in [4.78, 5) is 17.7. The van der Waals surface area contributed by atoms with Gasteiger partial charge in [-0.2, -0.15) is 0 Å². The highest BCUT2D eigenvalue weighted by molar-refractivity contribution is 6.33. The van der Waals surface area contributed by atoms with Crippen LogP contribution in [0.15, 0.2) is 60.7 Å². The number of benzene rings is 3. The number of aliphatic hydroxyl groups excluding tert-OH is 1. The van der Waals surface area contributed by atoms with Crippen LogP contribution in [0.1, 0.15) is 41.8 Å². The molecule has 0 unspecified atom stereocenters. The van der Waals surface area contributed by atoms with Gasteiger partial charge in [-0.1, -0.05) is 48.9 Å². The second-order valence-electron chi connectivity index (χ2n) is 9.66. The third-order valence-electron chi connectivity index (χ3n) is 7.09. The topological polar surface area (TPSA) is 65.0 Å². The molecule has 6 nitrogen and oxygen atoms in total. The van der Waals surface area contributed by atoms with E-state index in [0.717, 1.165) is 46.7 Å². The second-order valence-corrected chi connectivity index (χ2v) is 10.1. The Morgan fingerprint density at radius 3 is 2.66 bits per heavy atom. The van der Waals surface area contributed by atoms with Gasteiger partial charge in [-0.3, -0.25) is 4.79 Å². The van der Waals surface area contributed by atoms with Gasteiger partial charge in [-0.25, -0.2) is 0 Å². The molecule has 0 bridgehead atoms. The minimum atomic E-state index is -0.0131. The number of amides is 1. The van der Waals surface area contributed by atoms with E-state index in [-0.39, 0.29) is 18.6 Å². The molecule has 0 spiro atoms. The lowest BCUT2D eigenvalue weighted by Crippen LogP contribution is -2.55. The normalized spacial score (nSPS) is 15.6. The minimum Gasteiger partial charge on any atom is -0.493 e. The third-order valence-corrected chi connectivity index (χ3v) is 7.40. The number of carbonyl (C=O) groups excluding carboxylic acids is 1. The van der Waals surface area contributed by atoms with Gasteiger partial charge in [0, 0.05) is 50.0 Å². The van der Waals surface area contributed by atoms with E-state index < -0.39 is 0 Å². The van der Waals surface area contributed by atoms with Crippen LogP contribution in [0.2, 0.25) is 5.02 Å². The van der Waals surface area contributed by atoms with E-state index in [4.69, 9.17) is 16.3 Å². The Labute approximate surface area is 231 Å². The highest BCUT2D eigenvalue weighted by Crippen LogP contribution is 2.35. The van der Waals surface area contributed by atoms with Gasteiger partial charge in [0.1, 0.15) is 5.75 Å². The predicted molar refractivity (Wildman–Crippen MR) is 155 cm³/mol. The second kappa shape index (κ2) is 13.1. The molecule has 2 N–H and O–H groups in total. The van der Waals surface area contributed by atoms with Crippen LogP contribution in [0.25, 0.3) is 11.1 Å². The highest BCUT2D eigenvalue weighted by atomic mass is 35.5. The fourth-order valence-corrected chi connectivity index (χ4v) is 5.45. The summed E-state index contributed by atoms with van der Waals surface area (Å²) in [6, 6.07) is 20.4. The van der Waals surface area contributed by atoms with Crippen LogP contribution in [0.3, 0.4) is 0 Å². The van der Waals surface area contributed by atoms with Gasteiger partial charge in [0.2, 0.25) is 0 Å². The van der Waals surface area contributed by atoms with Crippen molar-refractivity contribution in [2.75, 3.05) is 44.3 Å². The molecule has 1 atom stereocenters. The number of anilines is 1. The number of carbonyl (C=O) groups is 1. The van der Waals surface area contributed by atoms with Crippen molar-refractivity contribution in [2.45, 2.75) is 39.8 Å². The Kier molecular flexibility index (Phi) is 9.67. The van der Waals surface area contributed by atoms with E-state index in [1.54, 1.807) is 0 Å². The summed E-state index contributed by atoms with van der Waals surface area (Å²) < 4.78 is 5.89. The molecule has 0 aromatic heterocycles. The summed E-state index contributed by atoms with van der Waals surface area (Å²) >= 11 is 6.42. The average Bonchev–Trinajstić information content (AvgIpc) is 2.93. The van der Waals surface area contributed by atoms with Crippen LogP contribution in [0.4, 0.5) is 5.69 Å². The number of piperazine rings is 1. The molecule has 7 heteroatoms. The Bertz CT molecular complexity index is 1250. The third kappa shape index (κ3) is 6.32. The lowest BCUT2D eigenvalue weighted by Gasteiger charge is -2.43. The fraction of sp³-hybridized carbons (Fsp3) is 0.387. The minimum absolute atomic E-state index is 0.0131. The monoisotopic (exact) mass is 535 g/mol. The summed E-state index contributed by atoms with van der Waals surface area (Å²) in [6.07, 6.45) is 0.907. The van der Waals surface area contributed by atoms with E-state index in [2.05, 4.69) is 41.4 Å². The smallest absolute Gasteiger partial charge is 0.255 e. The van der Waals surface area contributed by atoms with Crippen LogP contribution in [-0.2, 0) is 6.54 Å². The molecule has 1 saturated heterocycles. The predicted octanol–water partition coefficient (Wildman–Crippen LogP) is 5.54. The number of nitrogens with one attached hydrogen (secondary N) is 1. The molecule has 0 aliphatic carbocycles. The van der Waals surface area contributed by atoms with Crippen LogP contribution in [-0.4, -0.2) is 61.3 Å². The van der Waals surface area contributed by atoms with Crippen molar-refractivity contribution in [3.05, 3.63) is 82.4 Å². The molecule has 38 heavy (non-hydrogen) atoms. The maximum atomic E-state index is 13.3. The maximum absolute atomic E-state index is 13.3. The van der Waals surface area contributed by atoms with Crippen molar-refractivity contribution in [3.63, 3.8) is 0 Å². The Hall–Kier alpha value is -3.06. The van der Waals surface area contributed by atoms with Crippen molar-refractivity contribution < 1.29 is 14.6 Å². The van der Waals surface area contributed by atoms with Gasteiger partial charge in [0.15, 0.2) is 0 Å². The zero-order valence-corrected chi connectivity index (χ0v) is 23.3. The molecule has 1 heterocycles. The SMILES string of the molecule is CCOc1ccccc1-c1ccc(N2CCN(C(=O)c3ccc(C)cc3Cl)C[C@H]2CC)c(CNCCO)c1. The largest absolute Gasteiger partial charge is 0.493 e. The van der Waals surface area contributed by atoms with Crippen LogP contribution >= 0.6 is 11.6 Å². The van der Waals surface area contributed by atoms with Gasteiger partial charge in [0.25, 0.3) is 5.91 Å². The van der Waals surface area contributed by atoms with E-state index in [1.807, 2.05) is 55.1 Å². The summed E-state index contributed by atoms with van der Waals surface area (Å²) in [5.41, 5.74) is 6.06. The lowest BCUT2D eigenvalue weighted by molar-refractivity contribution is 0.0721. The summed E-state index contributed by atoms with van der Waals surface area (Å²) in [6.45, 7) is 9.97. The van der Waals surface area contributed by atoms with Crippen molar-refractivity contribution >= 4 is 23.2 Å². The zero-order valence-electron chi connectivity index (χ0n) is 22.5. The maximum Gasteiger partial charge on any atom is 0.255 e. The van der Waals surface area contributed by atoms with Crippen LogP contribution in [0, 0.1) is 6.92 Å². The molecule has 1 fully saturated rings. The van der Waals surface area contributed by atoms with Gasteiger partial charge in [-0.15, -0.1) is 0 Å². The average molecular weight is 536 g/mol. The number of aliphatic hydroxyl groups is 1. The highest BCUT2D eigenvalue weighted by Gasteiger charge is 2.31. The van der Waals surface area contributed by atoms with Crippen LogP contribution in [0.5, 0.6) is 5.75 Å². The van der Waals surface area contributed by atoms with Crippen molar-refractivity contribution in [2.24, 2.45) is 0 Å². The number of rotatable bonds is 10. The number of nitrogens with zero attached hydrogens (tertiary/aromatic N) is 2. The summed E-state index contributed by atoms with van der Waals surface area (Å²) in [5, 5.41) is 13.2. The first kappa shape index (κ1) is 28.0. The molecule has 3 aromatic carbocycles. The molecular formula is C31H38ClN3O3. The molecule has 1 aliphatic rings. The van der Waals surface area contributed by atoms with Gasteiger partial charge >= 0.3 is 0 Å². The number of hydrogen-bond acceptors (Lipinski definition) is 5. The number of hydrogen-bond donors (Lipinski definition) is 2. The molecular weight excluding hydrogens is 498 g/mol. The van der Waals surface area contributed by atoms with Gasteiger partial charge < -0.3 is 25.0 Å². The first-order valence-electron chi connectivity index (χ1n) is 13.5. The Morgan fingerprint density at radius 1 is 1.11 bits per heavy atom.